The molecule has 2 heterocycles. The zero-order chi connectivity index (χ0) is 14.2. The van der Waals surface area contributed by atoms with Crippen molar-refractivity contribution in [3.63, 3.8) is 0 Å². The first-order valence-electron chi connectivity index (χ1n) is 6.76. The largest absolute Gasteiger partial charge is 0.488 e. The summed E-state index contributed by atoms with van der Waals surface area (Å²) in [5.41, 5.74) is 6.62. The summed E-state index contributed by atoms with van der Waals surface area (Å²) in [4.78, 5) is 0. The number of aromatic nitrogens is 2. The van der Waals surface area contributed by atoms with Gasteiger partial charge in [0.05, 0.1) is 6.54 Å². The molecule has 2 aromatic rings. The Hall–Kier alpha value is -2.17. The molecule has 1 aliphatic rings. The Morgan fingerprint density at radius 2 is 2.25 bits per heavy atom. The minimum absolute atomic E-state index is 0.155. The molecule has 2 N–H and O–H groups in total. The molecular weight excluding hydrogens is 254 g/mol. The van der Waals surface area contributed by atoms with Gasteiger partial charge in [-0.05, 0) is 26.0 Å². The Morgan fingerprint density at radius 1 is 1.40 bits per heavy atom. The van der Waals surface area contributed by atoms with Crippen LogP contribution in [0, 0.1) is 0 Å². The first kappa shape index (κ1) is 12.8. The Bertz CT molecular complexity index is 619. The molecule has 0 aliphatic carbocycles. The number of hydrogen-bond donors (Lipinski definition) is 1. The number of rotatable bonds is 4. The predicted molar refractivity (Wildman–Crippen MR) is 77.0 cm³/mol. The molecule has 106 valence electrons. The van der Waals surface area contributed by atoms with Crippen molar-refractivity contribution in [1.82, 2.24) is 9.78 Å². The molecule has 1 aromatic carbocycles. The molecule has 1 aromatic heterocycles. The van der Waals surface area contributed by atoms with Crippen molar-refractivity contribution in [3.05, 3.63) is 36.0 Å². The van der Waals surface area contributed by atoms with Crippen LogP contribution in [0.4, 0.5) is 5.82 Å². The van der Waals surface area contributed by atoms with Gasteiger partial charge in [0.2, 0.25) is 0 Å². The zero-order valence-electron chi connectivity index (χ0n) is 11.8. The number of para-hydroxylation sites is 1. The Balaban J connectivity index is 1.66. The summed E-state index contributed by atoms with van der Waals surface area (Å²) in [6.07, 6.45) is 2.75. The van der Waals surface area contributed by atoms with E-state index < -0.39 is 0 Å². The molecular formula is C15H19N3O2. The highest BCUT2D eigenvalue weighted by molar-refractivity contribution is 5.50. The fraction of sp³-hybridized carbons (Fsp3) is 0.400. The van der Waals surface area contributed by atoms with Gasteiger partial charge >= 0.3 is 0 Å². The van der Waals surface area contributed by atoms with Gasteiger partial charge in [-0.2, -0.15) is 5.10 Å². The second-order valence-corrected chi connectivity index (χ2v) is 5.64. The van der Waals surface area contributed by atoms with Crippen LogP contribution in [-0.2, 0) is 13.0 Å². The summed E-state index contributed by atoms with van der Waals surface area (Å²) in [5, 5.41) is 4.12. The second-order valence-electron chi connectivity index (χ2n) is 5.64. The lowest BCUT2D eigenvalue weighted by molar-refractivity contribution is 0.131. The average molecular weight is 273 g/mol. The van der Waals surface area contributed by atoms with E-state index in [1.165, 1.54) is 5.56 Å². The minimum Gasteiger partial charge on any atom is -0.488 e. The SMILES string of the molecule is CC1(C)Cc2cccc(OCCn3ccc(N)n3)c2O1. The molecule has 0 saturated carbocycles. The molecule has 0 amide bonds. The maximum absolute atomic E-state index is 5.96. The van der Waals surface area contributed by atoms with Crippen LogP contribution in [0.15, 0.2) is 30.5 Å². The Kier molecular flexibility index (Phi) is 3.04. The third-order valence-corrected chi connectivity index (χ3v) is 3.29. The van der Waals surface area contributed by atoms with Crippen LogP contribution in [0.5, 0.6) is 11.5 Å². The number of fused-ring (bicyclic) bond motifs is 1. The van der Waals surface area contributed by atoms with Crippen molar-refractivity contribution >= 4 is 5.82 Å². The van der Waals surface area contributed by atoms with E-state index in [1.807, 2.05) is 18.3 Å². The normalized spacial score (nSPS) is 15.7. The highest BCUT2D eigenvalue weighted by Gasteiger charge is 2.32. The molecule has 5 heteroatoms. The van der Waals surface area contributed by atoms with E-state index in [2.05, 4.69) is 25.0 Å². The number of nitrogen functional groups attached to an aromatic ring is 1. The van der Waals surface area contributed by atoms with Crippen molar-refractivity contribution in [2.75, 3.05) is 12.3 Å². The van der Waals surface area contributed by atoms with Gasteiger partial charge in [-0.1, -0.05) is 12.1 Å². The summed E-state index contributed by atoms with van der Waals surface area (Å²) in [5.74, 6) is 2.20. The number of anilines is 1. The van der Waals surface area contributed by atoms with Crippen LogP contribution >= 0.6 is 0 Å². The minimum atomic E-state index is -0.155. The summed E-state index contributed by atoms with van der Waals surface area (Å²) in [7, 11) is 0. The second kappa shape index (κ2) is 4.74. The molecule has 0 atom stereocenters. The van der Waals surface area contributed by atoms with Gasteiger partial charge in [0.25, 0.3) is 0 Å². The molecule has 0 radical (unpaired) electrons. The first-order chi connectivity index (χ1) is 9.53. The summed E-state index contributed by atoms with van der Waals surface area (Å²) in [6.45, 7) is 5.36. The Morgan fingerprint density at radius 3 is 3.00 bits per heavy atom. The van der Waals surface area contributed by atoms with Gasteiger partial charge in [0.15, 0.2) is 11.5 Å². The first-order valence-corrected chi connectivity index (χ1v) is 6.76. The van der Waals surface area contributed by atoms with Gasteiger partial charge in [-0.3, -0.25) is 4.68 Å². The summed E-state index contributed by atoms with van der Waals surface area (Å²) >= 11 is 0. The van der Waals surface area contributed by atoms with Crippen molar-refractivity contribution < 1.29 is 9.47 Å². The van der Waals surface area contributed by atoms with Crippen molar-refractivity contribution in [2.45, 2.75) is 32.4 Å². The van der Waals surface area contributed by atoms with Gasteiger partial charge in [0.1, 0.15) is 18.0 Å². The van der Waals surface area contributed by atoms with E-state index in [1.54, 1.807) is 10.7 Å². The van der Waals surface area contributed by atoms with E-state index in [0.29, 0.717) is 19.0 Å². The summed E-state index contributed by atoms with van der Waals surface area (Å²) in [6, 6.07) is 7.81. The highest BCUT2D eigenvalue weighted by atomic mass is 16.5. The monoisotopic (exact) mass is 273 g/mol. The van der Waals surface area contributed by atoms with E-state index in [-0.39, 0.29) is 5.60 Å². The van der Waals surface area contributed by atoms with Crippen LogP contribution in [-0.4, -0.2) is 22.0 Å². The third kappa shape index (κ3) is 2.57. The van der Waals surface area contributed by atoms with E-state index >= 15 is 0 Å². The van der Waals surface area contributed by atoms with Gasteiger partial charge in [-0.25, -0.2) is 0 Å². The highest BCUT2D eigenvalue weighted by Crippen LogP contribution is 2.41. The molecule has 3 rings (SSSR count). The Labute approximate surface area is 118 Å². The van der Waals surface area contributed by atoms with Crippen molar-refractivity contribution in [3.8, 4) is 11.5 Å². The molecule has 0 spiro atoms. The van der Waals surface area contributed by atoms with E-state index in [4.69, 9.17) is 15.2 Å². The number of benzene rings is 1. The molecule has 0 bridgehead atoms. The van der Waals surface area contributed by atoms with Crippen LogP contribution < -0.4 is 15.2 Å². The van der Waals surface area contributed by atoms with Gasteiger partial charge in [-0.15, -0.1) is 0 Å². The van der Waals surface area contributed by atoms with Crippen molar-refractivity contribution in [2.24, 2.45) is 0 Å². The molecule has 0 fully saturated rings. The predicted octanol–water partition coefficient (Wildman–Crippen LogP) is 2.26. The third-order valence-electron chi connectivity index (χ3n) is 3.29. The molecule has 0 unspecified atom stereocenters. The summed E-state index contributed by atoms with van der Waals surface area (Å²) < 4.78 is 13.6. The molecule has 1 aliphatic heterocycles. The average Bonchev–Trinajstić information content (AvgIpc) is 2.91. The molecule has 5 nitrogen and oxygen atoms in total. The fourth-order valence-corrected chi connectivity index (χ4v) is 2.45. The smallest absolute Gasteiger partial charge is 0.165 e. The number of nitrogens with two attached hydrogens (primary N) is 1. The van der Waals surface area contributed by atoms with Crippen LogP contribution in [0.25, 0.3) is 0 Å². The fourth-order valence-electron chi connectivity index (χ4n) is 2.45. The van der Waals surface area contributed by atoms with E-state index in [9.17, 15) is 0 Å². The van der Waals surface area contributed by atoms with E-state index in [0.717, 1.165) is 17.9 Å². The quantitative estimate of drug-likeness (QED) is 0.928. The number of nitrogens with zero attached hydrogens (tertiary/aromatic N) is 2. The maximum atomic E-state index is 5.96. The lowest BCUT2D eigenvalue weighted by atomic mass is 10.0. The molecule has 0 saturated heterocycles. The zero-order valence-corrected chi connectivity index (χ0v) is 11.8. The van der Waals surface area contributed by atoms with Crippen LogP contribution in [0.2, 0.25) is 0 Å². The van der Waals surface area contributed by atoms with Gasteiger partial charge < -0.3 is 15.2 Å². The van der Waals surface area contributed by atoms with Crippen molar-refractivity contribution in [1.29, 1.82) is 0 Å². The standard InChI is InChI=1S/C15H19N3O2/c1-15(2)10-11-4-3-5-12(14(11)20-15)19-9-8-18-7-6-13(16)17-18/h3-7H,8-10H2,1-2H3,(H2,16,17). The number of hydrogen-bond acceptors (Lipinski definition) is 4. The lowest BCUT2D eigenvalue weighted by Crippen LogP contribution is -2.24. The van der Waals surface area contributed by atoms with Gasteiger partial charge in [0, 0.05) is 18.2 Å². The molecule has 20 heavy (non-hydrogen) atoms. The number of ether oxygens (including phenoxy) is 2. The topological polar surface area (TPSA) is 62.3 Å². The lowest BCUT2D eigenvalue weighted by Gasteiger charge is -2.18. The maximum Gasteiger partial charge on any atom is 0.165 e. The van der Waals surface area contributed by atoms with Crippen LogP contribution in [0.3, 0.4) is 0 Å². The van der Waals surface area contributed by atoms with Crippen LogP contribution in [0.1, 0.15) is 19.4 Å².